The Bertz CT molecular complexity index is 1320. The summed E-state index contributed by atoms with van der Waals surface area (Å²) in [6, 6.07) is 29.5. The molecular weight excluding hydrogens is 504 g/mol. The summed E-state index contributed by atoms with van der Waals surface area (Å²) in [5.74, 6) is 0. The predicted molar refractivity (Wildman–Crippen MR) is 178 cm³/mol. The molecule has 0 amide bonds. The van der Waals surface area contributed by atoms with E-state index in [0.717, 1.165) is 0 Å². The number of benzene rings is 4. The number of aryl methyl sites for hydroxylation is 12. The highest BCUT2D eigenvalue weighted by Crippen LogP contribution is 2.30. The summed E-state index contributed by atoms with van der Waals surface area (Å²) in [5, 5.41) is 0. The Kier molecular flexibility index (Phi) is 8.59. The van der Waals surface area contributed by atoms with Crippen molar-refractivity contribution >= 4 is 0 Å². The van der Waals surface area contributed by atoms with Crippen molar-refractivity contribution in [1.29, 1.82) is 0 Å². The van der Waals surface area contributed by atoms with Gasteiger partial charge in [-0.1, -0.05) is 72.8 Å². The van der Waals surface area contributed by atoms with Crippen molar-refractivity contribution in [2.24, 2.45) is 0 Å². The van der Waals surface area contributed by atoms with Crippen LogP contribution in [0.15, 0.2) is 72.8 Å². The third-order valence-electron chi connectivity index (χ3n) is 10.5. The Balaban J connectivity index is 1.16. The predicted octanol–water partition coefficient (Wildman–Crippen LogP) is 9.68. The van der Waals surface area contributed by atoms with Gasteiger partial charge < -0.3 is 0 Å². The lowest BCUT2D eigenvalue weighted by Gasteiger charge is -2.21. The minimum atomic E-state index is 1.20. The first-order chi connectivity index (χ1) is 20.8. The highest BCUT2D eigenvalue weighted by Gasteiger charge is 2.16. The molecule has 216 valence electrons. The molecule has 0 unspecified atom stereocenters. The smallest absolute Gasteiger partial charge is 0.0273 e. The Labute approximate surface area is 254 Å². The average molecular weight is 553 g/mol. The lowest BCUT2D eigenvalue weighted by molar-refractivity contribution is 0.725. The first kappa shape index (κ1) is 27.7. The second kappa shape index (κ2) is 13.0. The molecule has 3 aliphatic rings. The molecule has 0 nitrogen and oxygen atoms in total. The van der Waals surface area contributed by atoms with E-state index in [1.807, 2.05) is 0 Å². The molecule has 42 heavy (non-hydrogen) atoms. The Morgan fingerprint density at radius 1 is 0.238 bits per heavy atom. The van der Waals surface area contributed by atoms with Gasteiger partial charge in [0, 0.05) is 0 Å². The van der Waals surface area contributed by atoms with Crippen molar-refractivity contribution in [3.05, 3.63) is 140 Å². The van der Waals surface area contributed by atoms with E-state index in [-0.39, 0.29) is 0 Å². The third kappa shape index (κ3) is 6.59. The minimum Gasteiger partial charge on any atom is -0.0617 e. The third-order valence-corrected chi connectivity index (χ3v) is 10.5. The summed E-state index contributed by atoms with van der Waals surface area (Å²) in [7, 11) is 0. The molecule has 0 saturated carbocycles. The van der Waals surface area contributed by atoms with Crippen molar-refractivity contribution in [3.8, 4) is 0 Å². The quantitative estimate of drug-likeness (QED) is 0.204. The van der Waals surface area contributed by atoms with Crippen LogP contribution in [-0.4, -0.2) is 0 Å². The molecule has 0 radical (unpaired) electrons. The van der Waals surface area contributed by atoms with Gasteiger partial charge in [0.2, 0.25) is 0 Å². The maximum atomic E-state index is 2.67. The highest BCUT2D eigenvalue weighted by atomic mass is 14.2. The molecular formula is C42H48. The van der Waals surface area contributed by atoms with Gasteiger partial charge in [0.1, 0.15) is 0 Å². The zero-order valence-electron chi connectivity index (χ0n) is 25.7. The fraction of sp³-hybridized carbons (Fsp3) is 0.429. The number of fused-ring (bicyclic) bond motifs is 16. The molecule has 12 bridgehead atoms. The van der Waals surface area contributed by atoms with Gasteiger partial charge in [-0.2, -0.15) is 0 Å². The molecule has 7 rings (SSSR count). The molecule has 0 fully saturated rings. The molecule has 0 aliphatic heterocycles. The molecule has 0 saturated heterocycles. The molecule has 4 aromatic rings. The summed E-state index contributed by atoms with van der Waals surface area (Å²) >= 11 is 0. The second-order valence-corrected chi connectivity index (χ2v) is 13.5. The van der Waals surface area contributed by atoms with Crippen molar-refractivity contribution < 1.29 is 0 Å². The fourth-order valence-electron chi connectivity index (χ4n) is 8.20. The van der Waals surface area contributed by atoms with Crippen LogP contribution in [0.4, 0.5) is 0 Å². The first-order valence-corrected chi connectivity index (χ1v) is 17.2. The van der Waals surface area contributed by atoms with E-state index in [1.54, 1.807) is 44.5 Å². The molecule has 0 heterocycles. The topological polar surface area (TPSA) is 0 Å². The average Bonchev–Trinajstić information content (AvgIpc) is 2.99. The maximum absolute atomic E-state index is 2.67. The van der Waals surface area contributed by atoms with Crippen LogP contribution in [0, 0.1) is 0 Å². The number of hydrogen-bond acceptors (Lipinski definition) is 0. The van der Waals surface area contributed by atoms with Gasteiger partial charge in [0.15, 0.2) is 0 Å². The Morgan fingerprint density at radius 3 is 0.690 bits per heavy atom. The van der Waals surface area contributed by atoms with E-state index in [2.05, 4.69) is 72.8 Å². The highest BCUT2D eigenvalue weighted by molar-refractivity contribution is 5.43. The van der Waals surface area contributed by atoms with Crippen molar-refractivity contribution in [2.75, 3.05) is 0 Å². The van der Waals surface area contributed by atoms with Gasteiger partial charge in [-0.15, -0.1) is 0 Å². The van der Waals surface area contributed by atoms with Gasteiger partial charge in [-0.3, -0.25) is 0 Å². The summed E-state index contributed by atoms with van der Waals surface area (Å²) in [4.78, 5) is 0. The van der Waals surface area contributed by atoms with Gasteiger partial charge in [0.25, 0.3) is 0 Å². The van der Waals surface area contributed by atoms with E-state index < -0.39 is 0 Å². The summed E-state index contributed by atoms with van der Waals surface area (Å²) < 4.78 is 0. The van der Waals surface area contributed by atoms with Crippen molar-refractivity contribution in [3.63, 3.8) is 0 Å². The van der Waals surface area contributed by atoms with Crippen LogP contribution in [0.25, 0.3) is 0 Å². The van der Waals surface area contributed by atoms with Crippen LogP contribution in [-0.2, 0) is 77.0 Å². The maximum Gasteiger partial charge on any atom is -0.0273 e. The van der Waals surface area contributed by atoms with Crippen LogP contribution in [0.3, 0.4) is 0 Å². The van der Waals surface area contributed by atoms with E-state index in [9.17, 15) is 0 Å². The zero-order chi connectivity index (χ0) is 28.1. The number of hydrogen-bond donors (Lipinski definition) is 0. The van der Waals surface area contributed by atoms with Gasteiger partial charge in [0.05, 0.1) is 0 Å². The van der Waals surface area contributed by atoms with Gasteiger partial charge in [-0.05, 0) is 182 Å². The number of rotatable bonds is 0. The molecule has 0 heteroatoms. The Hall–Kier alpha value is -3.12. The SMILES string of the molecule is c1cc2cc(c1)CCCc1cc(c3cc1CCCc1cc(c4cc1CCCc1cccc(c1)CCC4)CCC3)CCC2. The van der Waals surface area contributed by atoms with E-state index in [4.69, 9.17) is 0 Å². The monoisotopic (exact) mass is 552 g/mol. The van der Waals surface area contributed by atoms with Crippen molar-refractivity contribution in [2.45, 2.75) is 116 Å². The van der Waals surface area contributed by atoms with Crippen LogP contribution >= 0.6 is 0 Å². The lowest BCUT2D eigenvalue weighted by Crippen LogP contribution is -2.09. The lowest BCUT2D eigenvalue weighted by atomic mass is 9.84. The van der Waals surface area contributed by atoms with Crippen LogP contribution in [0.2, 0.25) is 0 Å². The summed E-state index contributed by atoms with van der Waals surface area (Å²) in [5.41, 5.74) is 19.3. The summed E-state index contributed by atoms with van der Waals surface area (Å²) in [6.45, 7) is 0. The molecule has 0 spiro atoms. The standard InChI is InChI=1S/C42H48/c1-9-31-13-3-17-35-27-36(18-4-14-32(10-1)25-31)40-22-8-24-42-30-41(23-7-21-39(35)29-40)37-19-5-15-33-11-2-12-34(26-33)16-6-20-38(42)28-37/h1-2,9-12,25-30H,3-8,13-24H2. The zero-order valence-corrected chi connectivity index (χ0v) is 25.7. The molecule has 0 aromatic heterocycles. The van der Waals surface area contributed by atoms with E-state index in [0.29, 0.717) is 0 Å². The van der Waals surface area contributed by atoms with E-state index >= 15 is 0 Å². The second-order valence-electron chi connectivity index (χ2n) is 13.5. The minimum absolute atomic E-state index is 1.20. The fourth-order valence-corrected chi connectivity index (χ4v) is 8.20. The van der Waals surface area contributed by atoms with Crippen LogP contribution in [0.1, 0.15) is 105 Å². The van der Waals surface area contributed by atoms with Crippen LogP contribution < -0.4 is 0 Å². The molecule has 4 aromatic carbocycles. The molecule has 0 atom stereocenters. The van der Waals surface area contributed by atoms with Crippen LogP contribution in [0.5, 0.6) is 0 Å². The van der Waals surface area contributed by atoms with E-state index in [1.165, 1.54) is 138 Å². The normalized spacial score (nSPS) is 17.7. The molecule has 3 aliphatic carbocycles. The largest absolute Gasteiger partial charge is 0.0617 e. The first-order valence-electron chi connectivity index (χ1n) is 17.2. The summed E-state index contributed by atoms with van der Waals surface area (Å²) in [6.07, 6.45) is 22.1. The molecule has 0 N–H and O–H groups in total. The van der Waals surface area contributed by atoms with Crippen molar-refractivity contribution in [1.82, 2.24) is 0 Å². The Morgan fingerprint density at radius 2 is 0.452 bits per heavy atom. The van der Waals surface area contributed by atoms with Gasteiger partial charge in [-0.25, -0.2) is 0 Å². The van der Waals surface area contributed by atoms with Gasteiger partial charge >= 0.3 is 0 Å².